The number of ether oxygens (including phenoxy) is 1. The van der Waals surface area contributed by atoms with Crippen LogP contribution >= 0.6 is 0 Å². The van der Waals surface area contributed by atoms with E-state index in [9.17, 15) is 14.7 Å². The number of rotatable bonds is 7. The molecule has 150 valence electrons. The summed E-state index contributed by atoms with van der Waals surface area (Å²) < 4.78 is 5.51. The molecule has 0 aliphatic carbocycles. The van der Waals surface area contributed by atoms with Crippen molar-refractivity contribution in [2.75, 3.05) is 13.7 Å². The molecule has 8 heteroatoms. The molecule has 0 bridgehead atoms. The first-order valence-corrected chi connectivity index (χ1v) is 9.07. The van der Waals surface area contributed by atoms with Gasteiger partial charge in [-0.25, -0.2) is 0 Å². The molecule has 0 saturated carbocycles. The molecule has 3 rings (SSSR count). The highest BCUT2D eigenvalue weighted by molar-refractivity contribution is 6.05. The minimum atomic E-state index is -0.649. The van der Waals surface area contributed by atoms with Crippen LogP contribution in [0, 0.1) is 0 Å². The van der Waals surface area contributed by atoms with Crippen molar-refractivity contribution in [1.29, 1.82) is 0 Å². The van der Waals surface area contributed by atoms with E-state index in [1.807, 2.05) is 6.08 Å². The van der Waals surface area contributed by atoms with Crippen LogP contribution in [-0.4, -0.2) is 51.7 Å². The number of nitrogens with zero attached hydrogens (tertiary/aromatic N) is 2. The molecule has 2 heterocycles. The lowest BCUT2D eigenvalue weighted by Crippen LogP contribution is -2.30. The van der Waals surface area contributed by atoms with Crippen molar-refractivity contribution >= 4 is 34.7 Å². The number of hydrogen-bond acceptors (Lipinski definition) is 6. The summed E-state index contributed by atoms with van der Waals surface area (Å²) in [6.45, 7) is 3.20. The SMILES string of the molecule is COc1c(C(=O)NCC(C)O)ccc2[nH]nc(C=Cc3ccc(C(C)=O)nc3)c12. The largest absolute Gasteiger partial charge is 0.495 e. The second-order valence-corrected chi connectivity index (χ2v) is 6.60. The molecule has 1 amide bonds. The number of aliphatic hydroxyl groups is 1. The molecule has 1 atom stereocenters. The fourth-order valence-electron chi connectivity index (χ4n) is 2.84. The summed E-state index contributed by atoms with van der Waals surface area (Å²) in [5.41, 5.74) is 2.87. The molecule has 0 aliphatic heterocycles. The van der Waals surface area contributed by atoms with Crippen LogP contribution in [0.5, 0.6) is 5.75 Å². The molecule has 0 spiro atoms. The quantitative estimate of drug-likeness (QED) is 0.530. The zero-order valence-corrected chi connectivity index (χ0v) is 16.4. The van der Waals surface area contributed by atoms with Gasteiger partial charge in [0.2, 0.25) is 0 Å². The van der Waals surface area contributed by atoms with E-state index in [4.69, 9.17) is 4.74 Å². The van der Waals surface area contributed by atoms with E-state index >= 15 is 0 Å². The first-order valence-electron chi connectivity index (χ1n) is 9.07. The van der Waals surface area contributed by atoms with E-state index in [1.165, 1.54) is 14.0 Å². The van der Waals surface area contributed by atoms with E-state index < -0.39 is 6.10 Å². The lowest BCUT2D eigenvalue weighted by atomic mass is 10.1. The van der Waals surface area contributed by atoms with Gasteiger partial charge in [-0.3, -0.25) is 19.7 Å². The number of ketones is 1. The Hall–Kier alpha value is -3.52. The van der Waals surface area contributed by atoms with Crippen molar-refractivity contribution in [3.05, 3.63) is 53.0 Å². The number of methoxy groups -OCH3 is 1. The fourth-order valence-corrected chi connectivity index (χ4v) is 2.84. The van der Waals surface area contributed by atoms with Crippen LogP contribution in [0.15, 0.2) is 30.5 Å². The second kappa shape index (κ2) is 8.66. The summed E-state index contributed by atoms with van der Waals surface area (Å²) in [7, 11) is 1.49. The third-order valence-corrected chi connectivity index (χ3v) is 4.30. The van der Waals surface area contributed by atoms with Gasteiger partial charge in [0.05, 0.1) is 35.4 Å². The minimum absolute atomic E-state index is 0.0926. The Morgan fingerprint density at radius 3 is 2.69 bits per heavy atom. The van der Waals surface area contributed by atoms with Crippen LogP contribution in [0.1, 0.15) is 46.0 Å². The standard InChI is InChI=1S/C21H22N4O4/c1-12(26)10-23-21(28)15-6-9-18-19(20(15)29-3)17(24-25-18)8-5-14-4-7-16(13(2)27)22-11-14/h4-9,11-12,26H,10H2,1-3H3,(H,23,28)(H,24,25). The molecule has 0 radical (unpaired) electrons. The Morgan fingerprint density at radius 2 is 2.07 bits per heavy atom. The molecule has 0 fully saturated rings. The van der Waals surface area contributed by atoms with Crippen LogP contribution in [-0.2, 0) is 0 Å². The summed E-state index contributed by atoms with van der Waals surface area (Å²) in [5, 5.41) is 20.0. The lowest BCUT2D eigenvalue weighted by molar-refractivity contribution is 0.0920. The Balaban J connectivity index is 1.95. The summed E-state index contributed by atoms with van der Waals surface area (Å²) in [6.07, 6.45) is 4.55. The molecule has 29 heavy (non-hydrogen) atoms. The first-order chi connectivity index (χ1) is 13.9. The third kappa shape index (κ3) is 4.49. The van der Waals surface area contributed by atoms with E-state index in [1.54, 1.807) is 43.5 Å². The molecule has 3 N–H and O–H groups in total. The number of H-pyrrole nitrogens is 1. The number of amides is 1. The van der Waals surface area contributed by atoms with Crippen molar-refractivity contribution in [3.8, 4) is 5.75 Å². The number of benzene rings is 1. The lowest BCUT2D eigenvalue weighted by Gasteiger charge is -2.11. The number of carbonyl (C=O) groups is 2. The van der Waals surface area contributed by atoms with Crippen LogP contribution in [0.2, 0.25) is 0 Å². The van der Waals surface area contributed by atoms with Crippen molar-refractivity contribution in [3.63, 3.8) is 0 Å². The Bertz CT molecular complexity index is 1070. The smallest absolute Gasteiger partial charge is 0.255 e. The van der Waals surface area contributed by atoms with Crippen LogP contribution in [0.4, 0.5) is 0 Å². The Labute approximate surface area is 167 Å². The average Bonchev–Trinajstić information content (AvgIpc) is 3.13. The molecular formula is C21H22N4O4. The number of aromatic amines is 1. The average molecular weight is 394 g/mol. The number of aliphatic hydroxyl groups excluding tert-OH is 1. The van der Waals surface area contributed by atoms with E-state index in [0.717, 1.165) is 11.1 Å². The maximum atomic E-state index is 12.5. The molecule has 2 aromatic heterocycles. The van der Waals surface area contributed by atoms with Gasteiger partial charge < -0.3 is 15.2 Å². The van der Waals surface area contributed by atoms with E-state index in [2.05, 4.69) is 20.5 Å². The first kappa shape index (κ1) is 20.2. The van der Waals surface area contributed by atoms with Crippen LogP contribution < -0.4 is 10.1 Å². The number of pyridine rings is 1. The van der Waals surface area contributed by atoms with Crippen molar-refractivity contribution < 1.29 is 19.4 Å². The number of hydrogen-bond donors (Lipinski definition) is 3. The fraction of sp³-hybridized carbons (Fsp3) is 0.238. The van der Waals surface area contributed by atoms with Crippen LogP contribution in [0.3, 0.4) is 0 Å². The number of carbonyl (C=O) groups excluding carboxylic acids is 2. The van der Waals surface area contributed by atoms with Gasteiger partial charge in [-0.05, 0) is 36.8 Å². The normalized spacial score (nSPS) is 12.3. The molecule has 0 saturated heterocycles. The van der Waals surface area contributed by atoms with Gasteiger partial charge in [0.1, 0.15) is 11.4 Å². The summed E-state index contributed by atoms with van der Waals surface area (Å²) >= 11 is 0. The Morgan fingerprint density at radius 1 is 1.28 bits per heavy atom. The maximum Gasteiger partial charge on any atom is 0.255 e. The third-order valence-electron chi connectivity index (χ3n) is 4.30. The van der Waals surface area contributed by atoms with Gasteiger partial charge in [0, 0.05) is 19.7 Å². The van der Waals surface area contributed by atoms with Crippen LogP contribution in [0.25, 0.3) is 23.1 Å². The molecule has 1 unspecified atom stereocenters. The van der Waals surface area contributed by atoms with Crippen molar-refractivity contribution in [2.45, 2.75) is 20.0 Å². The monoisotopic (exact) mass is 394 g/mol. The molecular weight excluding hydrogens is 372 g/mol. The van der Waals surface area contributed by atoms with Gasteiger partial charge >= 0.3 is 0 Å². The summed E-state index contributed by atoms with van der Waals surface area (Å²) in [5.74, 6) is -0.0428. The molecule has 0 aliphatic rings. The number of nitrogens with one attached hydrogen (secondary N) is 2. The highest BCUT2D eigenvalue weighted by atomic mass is 16.5. The predicted octanol–water partition coefficient (Wildman–Crippen LogP) is 2.45. The van der Waals surface area contributed by atoms with Gasteiger partial charge in [-0.15, -0.1) is 0 Å². The van der Waals surface area contributed by atoms with E-state index in [-0.39, 0.29) is 18.2 Å². The van der Waals surface area contributed by atoms with Crippen molar-refractivity contribution in [2.24, 2.45) is 0 Å². The molecule has 1 aromatic carbocycles. The highest BCUT2D eigenvalue weighted by Crippen LogP contribution is 2.32. The minimum Gasteiger partial charge on any atom is -0.495 e. The molecule has 3 aromatic rings. The van der Waals surface area contributed by atoms with Gasteiger partial charge in [-0.1, -0.05) is 12.1 Å². The maximum absolute atomic E-state index is 12.5. The summed E-state index contributed by atoms with van der Waals surface area (Å²) in [6, 6.07) is 6.86. The number of fused-ring (bicyclic) bond motifs is 1. The topological polar surface area (TPSA) is 117 Å². The number of aromatic nitrogens is 3. The zero-order chi connectivity index (χ0) is 21.0. The van der Waals surface area contributed by atoms with Gasteiger partial charge in [0.15, 0.2) is 5.78 Å². The predicted molar refractivity (Wildman–Crippen MR) is 110 cm³/mol. The van der Waals surface area contributed by atoms with E-state index in [0.29, 0.717) is 28.1 Å². The zero-order valence-electron chi connectivity index (χ0n) is 16.4. The number of Topliss-reactive ketones (excluding diaryl/α,β-unsaturated/α-hetero) is 1. The highest BCUT2D eigenvalue weighted by Gasteiger charge is 2.19. The summed E-state index contributed by atoms with van der Waals surface area (Å²) in [4.78, 5) is 27.9. The van der Waals surface area contributed by atoms with Gasteiger partial charge in [-0.2, -0.15) is 5.10 Å². The van der Waals surface area contributed by atoms with Crippen molar-refractivity contribution in [1.82, 2.24) is 20.5 Å². The second-order valence-electron chi connectivity index (χ2n) is 6.60. The molecule has 8 nitrogen and oxygen atoms in total. The Kier molecular flexibility index (Phi) is 6.04. The van der Waals surface area contributed by atoms with Gasteiger partial charge in [0.25, 0.3) is 5.91 Å².